The van der Waals surface area contributed by atoms with E-state index in [0.717, 1.165) is 27.5 Å². The van der Waals surface area contributed by atoms with Crippen LogP contribution in [0.1, 0.15) is 10.4 Å². The number of anilines is 2. The molecule has 11 heteroatoms. The second kappa shape index (κ2) is 9.60. The predicted octanol–water partition coefficient (Wildman–Crippen LogP) is 6.01. The molecule has 0 aromatic heterocycles. The summed E-state index contributed by atoms with van der Waals surface area (Å²) in [5.41, 5.74) is 1.71. The molecule has 0 aliphatic heterocycles. The lowest BCUT2D eigenvalue weighted by Crippen LogP contribution is -2.19. The van der Waals surface area contributed by atoms with E-state index in [1.54, 1.807) is 30.3 Å². The maximum absolute atomic E-state index is 14.6. The molecule has 0 atom stereocenters. The van der Waals surface area contributed by atoms with Gasteiger partial charge in [0.05, 0.1) is 21.2 Å². The highest BCUT2D eigenvalue weighted by Gasteiger charge is 2.23. The van der Waals surface area contributed by atoms with Gasteiger partial charge in [-0.3, -0.25) is 20.1 Å². The van der Waals surface area contributed by atoms with Crippen molar-refractivity contribution in [1.82, 2.24) is 5.48 Å². The lowest BCUT2D eigenvalue weighted by molar-refractivity contribution is -0.388. The second-order valence-corrected chi connectivity index (χ2v) is 8.62. The monoisotopic (exact) mass is 559 g/mol. The molecule has 0 saturated heterocycles. The molecule has 0 bridgehead atoms. The van der Waals surface area contributed by atoms with Crippen LogP contribution in [-0.2, 0) is 0 Å². The Labute approximate surface area is 192 Å². The Morgan fingerprint density at radius 1 is 1.20 bits per heavy atom. The number of rotatable bonds is 6. The highest BCUT2D eigenvalue weighted by atomic mass is 127. The van der Waals surface area contributed by atoms with Gasteiger partial charge in [-0.25, -0.2) is 9.87 Å². The molecule has 7 nitrogen and oxygen atoms in total. The van der Waals surface area contributed by atoms with Gasteiger partial charge < -0.3 is 5.32 Å². The van der Waals surface area contributed by atoms with Crippen molar-refractivity contribution in [1.29, 1.82) is 0 Å². The Kier molecular flexibility index (Phi) is 7.13. The molecule has 3 aromatic rings. The first-order chi connectivity index (χ1) is 14.3. The van der Waals surface area contributed by atoms with Crippen molar-refractivity contribution < 1.29 is 19.3 Å². The van der Waals surface area contributed by atoms with Crippen LogP contribution in [-0.4, -0.2) is 16.0 Å². The average molecular weight is 560 g/mol. The van der Waals surface area contributed by atoms with Crippen LogP contribution in [0.25, 0.3) is 0 Å². The third-order valence-electron chi connectivity index (χ3n) is 3.85. The van der Waals surface area contributed by atoms with Crippen molar-refractivity contribution in [2.75, 3.05) is 5.32 Å². The lowest BCUT2D eigenvalue weighted by Gasteiger charge is -2.11. The fraction of sp³-hybridized carbons (Fsp3) is 0. The van der Waals surface area contributed by atoms with E-state index >= 15 is 0 Å². The standard InChI is InChI=1S/C19H12ClFIN3O4S/c20-14-8-11(22)4-5-16(14)23-12-2-1-3-13(9-12)30-18-15(21)6-10(19(26)24-27)7-17(18)25(28)29/h1-9,23,27H,(H,24,26). The Morgan fingerprint density at radius 3 is 2.63 bits per heavy atom. The van der Waals surface area contributed by atoms with Gasteiger partial charge in [-0.05, 0) is 65.1 Å². The van der Waals surface area contributed by atoms with Crippen molar-refractivity contribution in [3.05, 3.63) is 84.7 Å². The third-order valence-corrected chi connectivity index (χ3v) is 5.93. The number of benzene rings is 3. The third kappa shape index (κ3) is 5.19. The fourth-order valence-corrected chi connectivity index (χ4v) is 4.38. The number of hydrogen-bond acceptors (Lipinski definition) is 6. The molecular formula is C19H12ClFIN3O4S. The van der Waals surface area contributed by atoms with Crippen LogP contribution in [0.4, 0.5) is 21.5 Å². The SMILES string of the molecule is O=C(NO)c1cc(F)c(Sc2cccc(Nc3ccc(I)cc3Cl)c2)c([N+](=O)[O-])c1. The van der Waals surface area contributed by atoms with E-state index in [4.69, 9.17) is 16.8 Å². The van der Waals surface area contributed by atoms with E-state index in [1.807, 2.05) is 12.1 Å². The number of nitrogens with one attached hydrogen (secondary N) is 2. The Hall–Kier alpha value is -2.41. The first-order valence-corrected chi connectivity index (χ1v) is 10.5. The summed E-state index contributed by atoms with van der Waals surface area (Å²) in [6, 6.07) is 14.1. The summed E-state index contributed by atoms with van der Waals surface area (Å²) < 4.78 is 15.6. The number of nitro groups is 1. The number of halogens is 3. The quantitative estimate of drug-likeness (QED) is 0.148. The summed E-state index contributed by atoms with van der Waals surface area (Å²) in [5.74, 6) is -2.00. The van der Waals surface area contributed by atoms with Gasteiger partial charge in [0.25, 0.3) is 11.6 Å². The Balaban J connectivity index is 1.92. The van der Waals surface area contributed by atoms with Crippen molar-refractivity contribution >= 4 is 68.9 Å². The zero-order chi connectivity index (χ0) is 21.8. The van der Waals surface area contributed by atoms with Crippen molar-refractivity contribution in [2.45, 2.75) is 9.79 Å². The molecule has 0 saturated carbocycles. The maximum Gasteiger partial charge on any atom is 0.287 e. The molecule has 0 radical (unpaired) electrons. The number of carbonyl (C=O) groups is 1. The Bertz CT molecular complexity index is 1150. The second-order valence-electron chi connectivity index (χ2n) is 5.88. The number of amides is 1. The molecular weight excluding hydrogens is 548 g/mol. The van der Waals surface area contributed by atoms with Crippen LogP contribution in [0.3, 0.4) is 0 Å². The van der Waals surface area contributed by atoms with E-state index in [-0.39, 0.29) is 10.5 Å². The molecule has 0 fully saturated rings. The number of nitrogens with zero attached hydrogens (tertiary/aromatic N) is 1. The molecule has 30 heavy (non-hydrogen) atoms. The maximum atomic E-state index is 14.6. The van der Waals surface area contributed by atoms with Crippen molar-refractivity contribution in [3.8, 4) is 0 Å². The van der Waals surface area contributed by atoms with E-state index in [2.05, 4.69) is 27.9 Å². The molecule has 0 aliphatic rings. The minimum absolute atomic E-state index is 0.251. The number of hydrogen-bond donors (Lipinski definition) is 3. The van der Waals surface area contributed by atoms with Gasteiger partial charge in [0.2, 0.25) is 0 Å². The van der Waals surface area contributed by atoms with E-state index in [0.29, 0.717) is 21.3 Å². The summed E-state index contributed by atoms with van der Waals surface area (Å²) in [6.07, 6.45) is 0. The van der Waals surface area contributed by atoms with Gasteiger partial charge in [0.1, 0.15) is 10.7 Å². The highest BCUT2D eigenvalue weighted by Crippen LogP contribution is 2.39. The van der Waals surface area contributed by atoms with Crippen LogP contribution >= 0.6 is 46.0 Å². The van der Waals surface area contributed by atoms with Crippen molar-refractivity contribution in [2.24, 2.45) is 0 Å². The largest absolute Gasteiger partial charge is 0.354 e. The molecule has 154 valence electrons. The summed E-state index contributed by atoms with van der Waals surface area (Å²) in [5, 5.41) is 23.8. The zero-order valence-electron chi connectivity index (χ0n) is 14.9. The summed E-state index contributed by atoms with van der Waals surface area (Å²) >= 11 is 9.22. The normalized spacial score (nSPS) is 10.5. The molecule has 0 unspecified atom stereocenters. The Morgan fingerprint density at radius 2 is 1.97 bits per heavy atom. The zero-order valence-corrected chi connectivity index (χ0v) is 18.6. The summed E-state index contributed by atoms with van der Waals surface area (Å²) in [7, 11) is 0. The van der Waals surface area contributed by atoms with Crippen LogP contribution in [0.2, 0.25) is 5.02 Å². The molecule has 3 N–H and O–H groups in total. The molecule has 0 heterocycles. The van der Waals surface area contributed by atoms with Gasteiger partial charge in [-0.1, -0.05) is 29.4 Å². The molecule has 3 rings (SSSR count). The number of hydroxylamine groups is 1. The number of carbonyl (C=O) groups excluding carboxylic acids is 1. The topological polar surface area (TPSA) is 104 Å². The molecule has 0 spiro atoms. The highest BCUT2D eigenvalue weighted by molar-refractivity contribution is 14.1. The van der Waals surface area contributed by atoms with Crippen LogP contribution < -0.4 is 10.8 Å². The van der Waals surface area contributed by atoms with Gasteiger partial charge in [0, 0.05) is 20.2 Å². The lowest BCUT2D eigenvalue weighted by atomic mass is 10.2. The summed E-state index contributed by atoms with van der Waals surface area (Å²) in [6.45, 7) is 0. The first kappa shape index (κ1) is 22.3. The molecule has 0 aliphatic carbocycles. The first-order valence-electron chi connectivity index (χ1n) is 8.21. The molecule has 1 amide bonds. The van der Waals surface area contributed by atoms with E-state index in [9.17, 15) is 19.3 Å². The average Bonchev–Trinajstić information content (AvgIpc) is 2.71. The predicted molar refractivity (Wildman–Crippen MR) is 120 cm³/mol. The number of nitro benzene ring substituents is 1. The van der Waals surface area contributed by atoms with E-state index < -0.39 is 22.3 Å². The van der Waals surface area contributed by atoms with Gasteiger partial charge in [-0.15, -0.1) is 0 Å². The van der Waals surface area contributed by atoms with Gasteiger partial charge >= 0.3 is 0 Å². The minimum Gasteiger partial charge on any atom is -0.354 e. The molecule has 3 aromatic carbocycles. The summed E-state index contributed by atoms with van der Waals surface area (Å²) in [4.78, 5) is 22.4. The van der Waals surface area contributed by atoms with Gasteiger partial charge in [-0.2, -0.15) is 0 Å². The minimum atomic E-state index is -1.05. The van der Waals surface area contributed by atoms with Crippen LogP contribution in [0.5, 0.6) is 0 Å². The fourth-order valence-electron chi connectivity index (χ4n) is 2.51. The van der Waals surface area contributed by atoms with Crippen LogP contribution in [0.15, 0.2) is 64.4 Å². The van der Waals surface area contributed by atoms with Gasteiger partial charge in [0.15, 0.2) is 0 Å². The van der Waals surface area contributed by atoms with E-state index in [1.165, 1.54) is 5.48 Å². The van der Waals surface area contributed by atoms with Crippen LogP contribution in [0, 0.1) is 19.5 Å². The van der Waals surface area contributed by atoms with Crippen molar-refractivity contribution in [3.63, 3.8) is 0 Å². The smallest absolute Gasteiger partial charge is 0.287 e.